The van der Waals surface area contributed by atoms with Crippen LogP contribution in [0.25, 0.3) is 0 Å². The zero-order valence-corrected chi connectivity index (χ0v) is 14.6. The lowest BCUT2D eigenvalue weighted by Crippen LogP contribution is -2.31. The fourth-order valence-corrected chi connectivity index (χ4v) is 3.94. The number of nitrogens with zero attached hydrogens (tertiary/aromatic N) is 2. The quantitative estimate of drug-likeness (QED) is 0.628. The standard InChI is InChI=1S/C17H19N3O4S/c1-19(12-17(9-10-17)13-5-3-2-4-6-13)15-11-14(20(21)22)7-8-16(15)25(18,23)24/h2-8,11H,9-10,12H2,1H3,(H2,18,23,24). The topological polar surface area (TPSA) is 107 Å². The van der Waals surface area contributed by atoms with Crippen LogP contribution in [0.2, 0.25) is 0 Å². The van der Waals surface area contributed by atoms with E-state index in [0.717, 1.165) is 18.9 Å². The van der Waals surface area contributed by atoms with Gasteiger partial charge in [-0.25, -0.2) is 13.6 Å². The van der Waals surface area contributed by atoms with E-state index in [4.69, 9.17) is 5.14 Å². The highest BCUT2D eigenvalue weighted by Gasteiger charge is 2.45. The number of nitro groups is 1. The van der Waals surface area contributed by atoms with E-state index in [9.17, 15) is 18.5 Å². The van der Waals surface area contributed by atoms with Crippen molar-refractivity contribution in [2.24, 2.45) is 5.14 Å². The van der Waals surface area contributed by atoms with Crippen LogP contribution in [0.4, 0.5) is 11.4 Å². The van der Waals surface area contributed by atoms with Crippen LogP contribution in [0.15, 0.2) is 53.4 Å². The summed E-state index contributed by atoms with van der Waals surface area (Å²) in [5.74, 6) is 0. The summed E-state index contributed by atoms with van der Waals surface area (Å²) in [7, 11) is -2.25. The fourth-order valence-electron chi connectivity index (χ4n) is 3.18. The van der Waals surface area contributed by atoms with Crippen molar-refractivity contribution in [3.8, 4) is 0 Å². The lowest BCUT2D eigenvalue weighted by atomic mass is 9.95. The Morgan fingerprint density at radius 3 is 2.36 bits per heavy atom. The number of hydrogen-bond donors (Lipinski definition) is 1. The summed E-state index contributed by atoms with van der Waals surface area (Å²) in [5, 5.41) is 16.3. The molecule has 3 rings (SSSR count). The highest BCUT2D eigenvalue weighted by atomic mass is 32.2. The van der Waals surface area contributed by atoms with Gasteiger partial charge in [0.1, 0.15) is 4.90 Å². The van der Waals surface area contributed by atoms with Crippen molar-refractivity contribution in [3.05, 3.63) is 64.2 Å². The predicted molar refractivity (Wildman–Crippen MR) is 95.1 cm³/mol. The summed E-state index contributed by atoms with van der Waals surface area (Å²) in [6, 6.07) is 13.6. The first-order chi connectivity index (χ1) is 11.7. The molecule has 0 heterocycles. The average molecular weight is 361 g/mol. The van der Waals surface area contributed by atoms with E-state index in [2.05, 4.69) is 12.1 Å². The number of anilines is 1. The molecule has 2 aromatic carbocycles. The molecule has 2 N–H and O–H groups in total. The monoisotopic (exact) mass is 361 g/mol. The molecular weight excluding hydrogens is 342 g/mol. The number of benzene rings is 2. The van der Waals surface area contributed by atoms with Gasteiger partial charge < -0.3 is 4.90 Å². The maximum Gasteiger partial charge on any atom is 0.271 e. The van der Waals surface area contributed by atoms with Crippen LogP contribution in [0.5, 0.6) is 0 Å². The van der Waals surface area contributed by atoms with Gasteiger partial charge >= 0.3 is 0 Å². The third kappa shape index (κ3) is 3.49. The zero-order chi connectivity index (χ0) is 18.2. The van der Waals surface area contributed by atoms with Crippen LogP contribution in [0.1, 0.15) is 18.4 Å². The van der Waals surface area contributed by atoms with E-state index in [1.165, 1.54) is 17.7 Å². The zero-order valence-electron chi connectivity index (χ0n) is 13.8. The van der Waals surface area contributed by atoms with Gasteiger partial charge in [0.05, 0.1) is 10.6 Å². The van der Waals surface area contributed by atoms with Crippen LogP contribution in [0, 0.1) is 10.1 Å². The van der Waals surface area contributed by atoms with Crippen molar-refractivity contribution in [2.45, 2.75) is 23.2 Å². The molecular formula is C17H19N3O4S. The average Bonchev–Trinajstić information content (AvgIpc) is 3.35. The third-order valence-corrected chi connectivity index (χ3v) is 5.61. The minimum Gasteiger partial charge on any atom is -0.372 e. The normalized spacial score (nSPS) is 15.6. The Balaban J connectivity index is 1.98. The van der Waals surface area contributed by atoms with Gasteiger partial charge in [0.25, 0.3) is 5.69 Å². The first kappa shape index (κ1) is 17.4. The van der Waals surface area contributed by atoms with Crippen LogP contribution in [-0.4, -0.2) is 26.9 Å². The molecule has 25 heavy (non-hydrogen) atoms. The summed E-state index contributed by atoms with van der Waals surface area (Å²) >= 11 is 0. The molecule has 1 fully saturated rings. The fraction of sp³-hybridized carbons (Fsp3) is 0.294. The van der Waals surface area contributed by atoms with Crippen molar-refractivity contribution in [3.63, 3.8) is 0 Å². The van der Waals surface area contributed by atoms with Crippen molar-refractivity contribution in [1.82, 2.24) is 0 Å². The van der Waals surface area contributed by atoms with Crippen LogP contribution in [0.3, 0.4) is 0 Å². The largest absolute Gasteiger partial charge is 0.372 e. The first-order valence-corrected chi connectivity index (χ1v) is 9.35. The first-order valence-electron chi connectivity index (χ1n) is 7.81. The molecule has 0 aromatic heterocycles. The molecule has 0 aliphatic heterocycles. The maximum atomic E-state index is 11.9. The van der Waals surface area contributed by atoms with Gasteiger partial charge in [-0.05, 0) is 24.5 Å². The molecule has 1 aliphatic carbocycles. The van der Waals surface area contributed by atoms with E-state index in [1.54, 1.807) is 11.9 Å². The van der Waals surface area contributed by atoms with Gasteiger partial charge in [0, 0.05) is 31.1 Å². The molecule has 0 unspecified atom stereocenters. The number of primary sulfonamides is 1. The molecule has 0 amide bonds. The number of nitrogens with two attached hydrogens (primary N) is 1. The van der Waals surface area contributed by atoms with Gasteiger partial charge in [-0.3, -0.25) is 10.1 Å². The number of sulfonamides is 1. The second kappa shape index (κ2) is 6.12. The summed E-state index contributed by atoms with van der Waals surface area (Å²) in [6.07, 6.45) is 1.97. The second-order valence-electron chi connectivity index (χ2n) is 6.46. The molecule has 0 spiro atoms. The summed E-state index contributed by atoms with van der Waals surface area (Å²) < 4.78 is 23.7. The minimum absolute atomic E-state index is 0.0593. The van der Waals surface area contributed by atoms with E-state index in [0.29, 0.717) is 6.54 Å². The molecule has 0 radical (unpaired) electrons. The van der Waals surface area contributed by atoms with E-state index in [1.807, 2.05) is 18.2 Å². The molecule has 0 saturated heterocycles. The predicted octanol–water partition coefficient (Wildman–Crippen LogP) is 2.41. The SMILES string of the molecule is CN(CC1(c2ccccc2)CC1)c1cc([N+](=O)[O-])ccc1S(N)(=O)=O. The van der Waals surface area contributed by atoms with Gasteiger partial charge in [-0.15, -0.1) is 0 Å². The molecule has 0 bridgehead atoms. The Labute approximate surface area is 146 Å². The van der Waals surface area contributed by atoms with Crippen LogP contribution >= 0.6 is 0 Å². The molecule has 7 nitrogen and oxygen atoms in total. The number of hydrogen-bond acceptors (Lipinski definition) is 5. The van der Waals surface area contributed by atoms with Gasteiger partial charge in [-0.1, -0.05) is 30.3 Å². The van der Waals surface area contributed by atoms with Gasteiger partial charge in [0.15, 0.2) is 0 Å². The van der Waals surface area contributed by atoms with Gasteiger partial charge in [-0.2, -0.15) is 0 Å². The van der Waals surface area contributed by atoms with E-state index in [-0.39, 0.29) is 21.7 Å². The molecule has 1 saturated carbocycles. The highest BCUT2D eigenvalue weighted by molar-refractivity contribution is 7.89. The van der Waals surface area contributed by atoms with Crippen molar-refractivity contribution in [1.29, 1.82) is 0 Å². The van der Waals surface area contributed by atoms with Crippen LogP contribution in [-0.2, 0) is 15.4 Å². The number of non-ortho nitro benzene ring substituents is 1. The molecule has 1 aliphatic rings. The lowest BCUT2D eigenvalue weighted by Gasteiger charge is -2.27. The summed E-state index contributed by atoms with van der Waals surface area (Å²) in [5.41, 5.74) is 1.21. The minimum atomic E-state index is -3.99. The summed E-state index contributed by atoms with van der Waals surface area (Å²) in [6.45, 7) is 0.556. The molecule has 0 atom stereocenters. The Kier molecular flexibility index (Phi) is 4.26. The van der Waals surface area contributed by atoms with E-state index < -0.39 is 14.9 Å². The van der Waals surface area contributed by atoms with E-state index >= 15 is 0 Å². The van der Waals surface area contributed by atoms with Crippen LogP contribution < -0.4 is 10.0 Å². The number of likely N-dealkylation sites (N-methyl/N-ethyl adjacent to an activating group) is 1. The molecule has 132 valence electrons. The summed E-state index contributed by atoms with van der Waals surface area (Å²) in [4.78, 5) is 12.2. The second-order valence-corrected chi connectivity index (χ2v) is 7.99. The maximum absolute atomic E-state index is 11.9. The Morgan fingerprint density at radius 2 is 1.84 bits per heavy atom. The Morgan fingerprint density at radius 1 is 1.20 bits per heavy atom. The Hall–Kier alpha value is -2.45. The third-order valence-electron chi connectivity index (χ3n) is 4.65. The smallest absolute Gasteiger partial charge is 0.271 e. The van der Waals surface area contributed by atoms with Gasteiger partial charge in [0.2, 0.25) is 10.0 Å². The molecule has 2 aromatic rings. The van der Waals surface area contributed by atoms with Crippen molar-refractivity contribution < 1.29 is 13.3 Å². The molecule has 8 heteroatoms. The highest BCUT2D eigenvalue weighted by Crippen LogP contribution is 2.49. The Bertz CT molecular complexity index is 909. The van der Waals surface area contributed by atoms with Crippen molar-refractivity contribution in [2.75, 3.05) is 18.5 Å². The number of nitro benzene ring substituents is 1. The van der Waals surface area contributed by atoms with Crippen molar-refractivity contribution >= 4 is 21.4 Å². The lowest BCUT2D eigenvalue weighted by molar-refractivity contribution is -0.384. The number of rotatable bonds is 6.